The summed E-state index contributed by atoms with van der Waals surface area (Å²) in [5, 5.41) is 9.28. The summed E-state index contributed by atoms with van der Waals surface area (Å²) in [6.07, 6.45) is 0. The van der Waals surface area contributed by atoms with E-state index in [0.717, 1.165) is 5.39 Å². The maximum Gasteiger partial charge on any atom is 0.171 e. The van der Waals surface area contributed by atoms with Crippen molar-refractivity contribution in [2.75, 3.05) is 47.4 Å². The van der Waals surface area contributed by atoms with E-state index in [1.165, 1.54) is 7.11 Å². The molecule has 0 unspecified atom stereocenters. The molecule has 0 aliphatic carbocycles. The van der Waals surface area contributed by atoms with Gasteiger partial charge >= 0.3 is 0 Å². The molecule has 0 aromatic heterocycles. The Balaban J connectivity index is 3.49. The molecular weight excluding hydrogens is 194 g/mol. The summed E-state index contributed by atoms with van der Waals surface area (Å²) in [5.74, 6) is 0. The van der Waals surface area contributed by atoms with Crippen molar-refractivity contribution >= 4 is 0 Å². The van der Waals surface area contributed by atoms with Gasteiger partial charge in [-0.25, -0.2) is 14.5 Å². The van der Waals surface area contributed by atoms with Crippen molar-refractivity contribution in [2.45, 2.75) is 0 Å². The third-order valence-electron chi connectivity index (χ3n) is 1.05. The Labute approximate surface area is 82.9 Å². The zero-order valence-electron chi connectivity index (χ0n) is 8.47. The fraction of sp³-hybridized carbons (Fsp3) is 1.00. The number of hydrogen-bond acceptors (Lipinski definition) is 7. The van der Waals surface area contributed by atoms with Crippen molar-refractivity contribution in [1.82, 2.24) is 5.39 Å². The van der Waals surface area contributed by atoms with Crippen LogP contribution >= 0.6 is 0 Å². The van der Waals surface area contributed by atoms with Gasteiger partial charge in [-0.1, -0.05) is 0 Å². The van der Waals surface area contributed by atoms with Crippen LogP contribution in [0.4, 0.5) is 0 Å². The minimum atomic E-state index is -0.125. The molecule has 0 aromatic carbocycles. The summed E-state index contributed by atoms with van der Waals surface area (Å²) in [6, 6.07) is 0. The first-order chi connectivity index (χ1) is 6.85. The molecule has 86 valence electrons. The van der Waals surface area contributed by atoms with E-state index < -0.39 is 0 Å². The lowest BCUT2D eigenvalue weighted by atomic mass is 10.8. The summed E-state index contributed by atoms with van der Waals surface area (Å²) < 4.78 is 9.40. The molecule has 7 nitrogen and oxygen atoms in total. The first-order valence-corrected chi connectivity index (χ1v) is 4.12. The van der Waals surface area contributed by atoms with E-state index in [4.69, 9.17) is 24.4 Å². The van der Waals surface area contributed by atoms with Crippen molar-refractivity contribution in [1.29, 1.82) is 0 Å². The molecule has 0 amide bonds. The monoisotopic (exact) mass is 211 g/mol. The van der Waals surface area contributed by atoms with Gasteiger partial charge in [0.05, 0.1) is 31.8 Å². The van der Waals surface area contributed by atoms with Crippen LogP contribution in [-0.4, -0.2) is 57.9 Å². The maximum atomic E-state index is 8.49. The summed E-state index contributed by atoms with van der Waals surface area (Å²) in [7, 11) is 3.03. The van der Waals surface area contributed by atoms with E-state index in [0.29, 0.717) is 6.61 Å². The highest BCUT2D eigenvalue weighted by Gasteiger charge is 2.06. The van der Waals surface area contributed by atoms with Crippen LogP contribution < -0.4 is 0 Å². The van der Waals surface area contributed by atoms with Gasteiger partial charge in [-0.05, 0) is 0 Å². The van der Waals surface area contributed by atoms with E-state index in [1.807, 2.05) is 0 Å². The summed E-state index contributed by atoms with van der Waals surface area (Å²) in [5.41, 5.74) is 0. The number of ether oxygens (including phenoxy) is 2. The molecule has 0 aromatic rings. The molecule has 0 fully saturated rings. The first kappa shape index (κ1) is 13.7. The number of methoxy groups -OCH3 is 2. The predicted molar refractivity (Wildman–Crippen MR) is 45.7 cm³/mol. The van der Waals surface area contributed by atoms with E-state index in [1.54, 1.807) is 7.11 Å². The van der Waals surface area contributed by atoms with Crippen LogP contribution in [0.15, 0.2) is 0 Å². The van der Waals surface area contributed by atoms with E-state index in [2.05, 4.69) is 4.74 Å². The topological polar surface area (TPSA) is 69.6 Å². The van der Waals surface area contributed by atoms with Gasteiger partial charge in [-0.3, -0.25) is 0 Å². The molecule has 0 aliphatic rings. The Bertz CT molecular complexity index is 106. The van der Waals surface area contributed by atoms with Gasteiger partial charge in [0.2, 0.25) is 0 Å². The fourth-order valence-electron chi connectivity index (χ4n) is 0.518. The van der Waals surface area contributed by atoms with Crippen LogP contribution in [0.3, 0.4) is 0 Å². The van der Waals surface area contributed by atoms with Crippen LogP contribution in [0.5, 0.6) is 0 Å². The van der Waals surface area contributed by atoms with Gasteiger partial charge in [0.1, 0.15) is 0 Å². The van der Waals surface area contributed by atoms with Crippen LogP contribution in [0.25, 0.3) is 0 Å². The summed E-state index contributed by atoms with van der Waals surface area (Å²) in [4.78, 5) is 14.6. The van der Waals surface area contributed by atoms with Crippen LogP contribution in [0.2, 0.25) is 0 Å². The first-order valence-electron chi connectivity index (χ1n) is 4.12. The second-order valence-electron chi connectivity index (χ2n) is 2.14. The van der Waals surface area contributed by atoms with Crippen molar-refractivity contribution in [3.63, 3.8) is 0 Å². The Morgan fingerprint density at radius 1 is 0.929 bits per heavy atom. The second kappa shape index (κ2) is 10.8. The van der Waals surface area contributed by atoms with Crippen molar-refractivity contribution in [3.8, 4) is 0 Å². The lowest BCUT2D eigenvalue weighted by Gasteiger charge is -2.18. The average Bonchev–Trinajstić information content (AvgIpc) is 2.21. The largest absolute Gasteiger partial charge is 0.394 e. The third-order valence-corrected chi connectivity index (χ3v) is 1.05. The normalized spacial score (nSPS) is 11.1. The van der Waals surface area contributed by atoms with Gasteiger partial charge in [0.25, 0.3) is 0 Å². The number of rotatable bonds is 10. The molecular formula is C7H17NO6. The molecule has 14 heavy (non-hydrogen) atoms. The molecule has 0 rings (SSSR count). The maximum absolute atomic E-state index is 8.49. The molecule has 0 saturated carbocycles. The summed E-state index contributed by atoms with van der Waals surface area (Å²) >= 11 is 0. The van der Waals surface area contributed by atoms with Crippen LogP contribution in [0, 0.1) is 0 Å². The zero-order chi connectivity index (χ0) is 10.6. The average molecular weight is 211 g/mol. The van der Waals surface area contributed by atoms with Gasteiger partial charge in [-0.2, -0.15) is 0 Å². The minimum Gasteiger partial charge on any atom is -0.394 e. The Morgan fingerprint density at radius 2 is 1.64 bits per heavy atom. The molecule has 0 heterocycles. The number of hydrogen-bond donors (Lipinski definition) is 1. The van der Waals surface area contributed by atoms with Gasteiger partial charge in [0, 0.05) is 14.2 Å². The smallest absolute Gasteiger partial charge is 0.171 e. The van der Waals surface area contributed by atoms with Gasteiger partial charge < -0.3 is 14.6 Å². The van der Waals surface area contributed by atoms with Crippen molar-refractivity contribution in [2.24, 2.45) is 0 Å². The standard InChI is InChI=1S/C7H17NO6/c1-10-5-6-13-8(12-4-3-9)14-7-11-2/h9H,3-7H2,1-2H3. The predicted octanol–water partition coefficient (Wildman–Crippen LogP) is -0.674. The molecule has 7 heteroatoms. The van der Waals surface area contributed by atoms with E-state index in [9.17, 15) is 0 Å². The minimum absolute atomic E-state index is 0.00158. The lowest BCUT2D eigenvalue weighted by Crippen LogP contribution is -2.28. The molecule has 0 spiro atoms. The molecule has 0 radical (unpaired) electrons. The molecule has 0 bridgehead atoms. The van der Waals surface area contributed by atoms with Crippen LogP contribution in [0.1, 0.15) is 0 Å². The van der Waals surface area contributed by atoms with Crippen molar-refractivity contribution < 1.29 is 29.1 Å². The molecule has 0 atom stereocenters. The van der Waals surface area contributed by atoms with Crippen molar-refractivity contribution in [3.05, 3.63) is 0 Å². The van der Waals surface area contributed by atoms with Gasteiger partial charge in [-0.15, -0.1) is 0 Å². The SMILES string of the molecule is COCCON(OCCO)OCOC. The second-order valence-corrected chi connectivity index (χ2v) is 2.14. The molecule has 1 N–H and O–H groups in total. The number of nitrogens with zero attached hydrogens (tertiary/aromatic N) is 1. The molecule has 0 aliphatic heterocycles. The fourth-order valence-corrected chi connectivity index (χ4v) is 0.518. The van der Waals surface area contributed by atoms with Gasteiger partial charge in [0.15, 0.2) is 6.79 Å². The van der Waals surface area contributed by atoms with E-state index in [-0.39, 0.29) is 26.6 Å². The highest BCUT2D eigenvalue weighted by molar-refractivity contribution is 4.19. The third kappa shape index (κ3) is 8.32. The van der Waals surface area contributed by atoms with Crippen LogP contribution in [-0.2, 0) is 24.0 Å². The number of aliphatic hydroxyl groups is 1. The highest BCUT2D eigenvalue weighted by atomic mass is 17.2. The number of aliphatic hydroxyl groups excluding tert-OH is 1. The van der Waals surface area contributed by atoms with E-state index >= 15 is 0 Å². The molecule has 0 saturated heterocycles. The highest BCUT2D eigenvalue weighted by Crippen LogP contribution is 1.94. The Morgan fingerprint density at radius 3 is 2.21 bits per heavy atom. The summed E-state index contributed by atoms with van der Waals surface area (Å²) in [6.45, 7) is 0.649. The lowest BCUT2D eigenvalue weighted by molar-refractivity contribution is -0.538. The Kier molecular flexibility index (Phi) is 10.6. The zero-order valence-corrected chi connectivity index (χ0v) is 8.47. The quantitative estimate of drug-likeness (QED) is 0.292. The Hall–Kier alpha value is -0.280.